The van der Waals surface area contributed by atoms with Crippen molar-refractivity contribution in [1.29, 1.82) is 0 Å². The van der Waals surface area contributed by atoms with Crippen molar-refractivity contribution in [1.82, 2.24) is 10.6 Å². The number of nitrogens with one attached hydrogen (secondary N) is 2. The summed E-state index contributed by atoms with van der Waals surface area (Å²) in [5.41, 5.74) is 1.27. The van der Waals surface area contributed by atoms with Gasteiger partial charge in [0.1, 0.15) is 12.1 Å². The van der Waals surface area contributed by atoms with Crippen LogP contribution in [0.1, 0.15) is 57.6 Å². The smallest absolute Gasteiger partial charge is 0.407 e. The Balaban J connectivity index is 1.42. The fraction of sp³-hybridized carbons (Fsp3) is 0.423. The number of carboxylic acid groups (broad SMARTS) is 1. The molecule has 1 fully saturated rings. The van der Waals surface area contributed by atoms with Crippen LogP contribution in [0.5, 0.6) is 0 Å². The first kappa shape index (κ1) is 22.8. The van der Waals surface area contributed by atoms with Crippen LogP contribution >= 0.6 is 0 Å². The van der Waals surface area contributed by atoms with E-state index in [1.165, 1.54) is 0 Å². The summed E-state index contributed by atoms with van der Waals surface area (Å²) in [6.07, 6.45) is 0.191. The number of carbonyl (C=O) groups excluding carboxylic acids is 2. The lowest BCUT2D eigenvalue weighted by Crippen LogP contribution is -2.61. The van der Waals surface area contributed by atoms with Crippen molar-refractivity contribution >= 4 is 18.0 Å². The highest BCUT2D eigenvalue weighted by Gasteiger charge is 2.55. The fourth-order valence-electron chi connectivity index (χ4n) is 4.22. The Kier molecular flexibility index (Phi) is 5.47. The third-order valence-electron chi connectivity index (χ3n) is 7.40. The van der Waals surface area contributed by atoms with Crippen LogP contribution in [0, 0.1) is 5.41 Å². The zero-order chi connectivity index (χ0) is 24.0. The van der Waals surface area contributed by atoms with Gasteiger partial charge in [-0.05, 0) is 62.8 Å². The average Bonchev–Trinajstić information content (AvgIpc) is 3.48. The lowest BCUT2D eigenvalue weighted by molar-refractivity contribution is -0.146. The monoisotopic (exact) mass is 450 g/mol. The van der Waals surface area contributed by atoms with Crippen molar-refractivity contribution in [3.63, 3.8) is 0 Å². The van der Waals surface area contributed by atoms with Gasteiger partial charge in [-0.2, -0.15) is 0 Å². The van der Waals surface area contributed by atoms with Crippen LogP contribution in [0.3, 0.4) is 0 Å². The maximum atomic E-state index is 12.9. The molecular formula is C26H30N2O5. The lowest BCUT2D eigenvalue weighted by Gasteiger charge is -2.41. The van der Waals surface area contributed by atoms with E-state index in [4.69, 9.17) is 4.74 Å². The number of alkyl carbamates (subject to hydrolysis) is 1. The first-order valence-electron chi connectivity index (χ1n) is 11.2. The molecule has 0 spiro atoms. The molecule has 33 heavy (non-hydrogen) atoms. The zero-order valence-corrected chi connectivity index (χ0v) is 19.4. The summed E-state index contributed by atoms with van der Waals surface area (Å²) in [5.74, 6) is -1.52. The van der Waals surface area contributed by atoms with Gasteiger partial charge >= 0.3 is 12.1 Å². The van der Waals surface area contributed by atoms with Crippen LogP contribution < -0.4 is 10.6 Å². The number of amides is 2. The molecule has 0 bridgehead atoms. The number of carbonyl (C=O) groups is 3. The van der Waals surface area contributed by atoms with E-state index in [0.717, 1.165) is 22.3 Å². The Hall–Kier alpha value is -3.35. The van der Waals surface area contributed by atoms with Crippen LogP contribution in [0.2, 0.25) is 0 Å². The molecule has 2 amide bonds. The molecule has 0 radical (unpaired) electrons. The molecule has 1 saturated carbocycles. The number of benzene rings is 2. The van der Waals surface area contributed by atoms with Crippen LogP contribution in [-0.2, 0) is 14.3 Å². The Morgan fingerprint density at radius 1 is 0.970 bits per heavy atom. The SMILES string of the molecule is CC(C)(NC(=O)OCC1c2ccccc2-c2ccccc21)C(C)(C)C(=O)NC1(C(=O)O)CC1. The largest absolute Gasteiger partial charge is 0.480 e. The molecule has 2 aromatic rings. The number of fused-ring (bicyclic) bond motifs is 3. The number of hydrogen-bond donors (Lipinski definition) is 3. The Bertz CT molecular complexity index is 1070. The maximum Gasteiger partial charge on any atom is 0.407 e. The van der Waals surface area contributed by atoms with Crippen LogP contribution in [0.4, 0.5) is 4.79 Å². The normalized spacial score (nSPS) is 16.4. The average molecular weight is 451 g/mol. The predicted molar refractivity (Wildman–Crippen MR) is 124 cm³/mol. The van der Waals surface area contributed by atoms with Gasteiger partial charge in [-0.3, -0.25) is 4.79 Å². The van der Waals surface area contributed by atoms with E-state index in [1.807, 2.05) is 24.3 Å². The predicted octanol–water partition coefficient (Wildman–Crippen LogP) is 4.06. The van der Waals surface area contributed by atoms with Crippen molar-refractivity contribution < 1.29 is 24.2 Å². The molecule has 0 aliphatic heterocycles. The van der Waals surface area contributed by atoms with E-state index in [2.05, 4.69) is 34.9 Å². The molecule has 2 aromatic carbocycles. The summed E-state index contributed by atoms with van der Waals surface area (Å²) >= 11 is 0. The van der Waals surface area contributed by atoms with Crippen molar-refractivity contribution in [2.45, 2.75) is 57.5 Å². The highest BCUT2D eigenvalue weighted by Crippen LogP contribution is 2.44. The third kappa shape index (κ3) is 3.96. The van der Waals surface area contributed by atoms with Gasteiger partial charge in [-0.1, -0.05) is 48.5 Å². The first-order valence-corrected chi connectivity index (χ1v) is 11.2. The lowest BCUT2D eigenvalue weighted by atomic mass is 9.73. The van der Waals surface area contributed by atoms with Gasteiger partial charge in [0.05, 0.1) is 11.0 Å². The zero-order valence-electron chi connectivity index (χ0n) is 19.4. The second-order valence-corrected chi connectivity index (χ2v) is 10.0. The number of carboxylic acids is 1. The third-order valence-corrected chi connectivity index (χ3v) is 7.40. The maximum absolute atomic E-state index is 12.9. The highest BCUT2D eigenvalue weighted by molar-refractivity contribution is 5.92. The summed E-state index contributed by atoms with van der Waals surface area (Å²) in [6.45, 7) is 7.00. The Labute approximate surface area is 193 Å². The molecule has 3 N–H and O–H groups in total. The number of hydrogen-bond acceptors (Lipinski definition) is 4. The van der Waals surface area contributed by atoms with E-state index in [-0.39, 0.29) is 12.5 Å². The summed E-state index contributed by atoms with van der Waals surface area (Å²) < 4.78 is 5.63. The summed E-state index contributed by atoms with van der Waals surface area (Å²) in [7, 11) is 0. The van der Waals surface area contributed by atoms with Crippen molar-refractivity contribution in [3.8, 4) is 11.1 Å². The Morgan fingerprint density at radius 3 is 1.97 bits per heavy atom. The second kappa shape index (κ2) is 7.90. The van der Waals surface area contributed by atoms with Crippen LogP contribution in [-0.4, -0.2) is 40.8 Å². The van der Waals surface area contributed by atoms with Gasteiger partial charge < -0.3 is 20.5 Å². The first-order chi connectivity index (χ1) is 15.5. The quantitative estimate of drug-likeness (QED) is 0.590. The van der Waals surface area contributed by atoms with Crippen LogP contribution in [0.25, 0.3) is 11.1 Å². The van der Waals surface area contributed by atoms with E-state index in [1.54, 1.807) is 27.7 Å². The molecule has 7 heteroatoms. The van der Waals surface area contributed by atoms with Crippen molar-refractivity contribution in [3.05, 3.63) is 59.7 Å². The topological polar surface area (TPSA) is 105 Å². The molecule has 0 aromatic heterocycles. The van der Waals surface area contributed by atoms with Gasteiger partial charge in [0.15, 0.2) is 0 Å². The van der Waals surface area contributed by atoms with Gasteiger partial charge in [0.2, 0.25) is 5.91 Å². The van der Waals surface area contributed by atoms with Crippen molar-refractivity contribution in [2.75, 3.05) is 6.61 Å². The van der Waals surface area contributed by atoms with E-state index in [0.29, 0.717) is 12.8 Å². The molecule has 7 nitrogen and oxygen atoms in total. The summed E-state index contributed by atoms with van der Waals surface area (Å²) in [6, 6.07) is 16.2. The molecule has 0 unspecified atom stereocenters. The molecule has 0 saturated heterocycles. The molecule has 2 aliphatic carbocycles. The van der Waals surface area contributed by atoms with E-state index >= 15 is 0 Å². The fourth-order valence-corrected chi connectivity index (χ4v) is 4.22. The van der Waals surface area contributed by atoms with Gasteiger partial charge in [-0.25, -0.2) is 9.59 Å². The standard InChI is InChI=1S/C26H30N2O5/c1-24(2,21(29)27-26(13-14-26)22(30)31)25(3,4)28-23(32)33-15-20-18-11-7-5-9-16(18)17-10-6-8-12-19(17)20/h5-12,20H,13-15H2,1-4H3,(H,27,29)(H,28,32)(H,30,31). The van der Waals surface area contributed by atoms with E-state index in [9.17, 15) is 19.5 Å². The van der Waals surface area contributed by atoms with Gasteiger partial charge in [0, 0.05) is 5.92 Å². The summed E-state index contributed by atoms with van der Waals surface area (Å²) in [4.78, 5) is 37.1. The number of ether oxygens (including phenoxy) is 1. The minimum atomic E-state index is -1.19. The molecule has 0 atom stereocenters. The highest BCUT2D eigenvalue weighted by atomic mass is 16.5. The second-order valence-electron chi connectivity index (χ2n) is 10.0. The number of aliphatic carboxylic acids is 1. The Morgan fingerprint density at radius 2 is 1.48 bits per heavy atom. The number of rotatable bonds is 7. The summed E-state index contributed by atoms with van der Waals surface area (Å²) in [5, 5.41) is 14.8. The molecule has 4 rings (SSSR count). The van der Waals surface area contributed by atoms with Crippen LogP contribution in [0.15, 0.2) is 48.5 Å². The molecule has 174 valence electrons. The molecule has 0 heterocycles. The van der Waals surface area contributed by atoms with Gasteiger partial charge in [0.25, 0.3) is 0 Å². The molecule has 2 aliphatic rings. The minimum absolute atomic E-state index is 0.0622. The van der Waals surface area contributed by atoms with Gasteiger partial charge in [-0.15, -0.1) is 0 Å². The minimum Gasteiger partial charge on any atom is -0.480 e. The van der Waals surface area contributed by atoms with E-state index < -0.39 is 34.5 Å². The molecular weight excluding hydrogens is 420 g/mol. The van der Waals surface area contributed by atoms with Crippen molar-refractivity contribution in [2.24, 2.45) is 5.41 Å².